The van der Waals surface area contributed by atoms with Gasteiger partial charge in [-0.1, -0.05) is 36.4 Å². The lowest BCUT2D eigenvalue weighted by Gasteiger charge is -2.09. The van der Waals surface area contributed by atoms with Gasteiger partial charge in [0.05, 0.1) is 4.90 Å². The average Bonchev–Trinajstić information content (AvgIpc) is 2.79. The number of amides is 3. The molecule has 3 amide bonds. The Morgan fingerprint density at radius 1 is 0.750 bits per heavy atom. The molecule has 0 bridgehead atoms. The van der Waals surface area contributed by atoms with Crippen molar-refractivity contribution in [2.45, 2.75) is 4.90 Å². The number of anilines is 3. The van der Waals surface area contributed by atoms with E-state index in [1.165, 1.54) is 25.3 Å². The molecule has 32 heavy (non-hydrogen) atoms. The summed E-state index contributed by atoms with van der Waals surface area (Å²) in [6.07, 6.45) is 2.91. The molecule has 8 nitrogen and oxygen atoms in total. The molecule has 3 aromatic carbocycles. The molecule has 9 heteroatoms. The number of urea groups is 1. The second kappa shape index (κ2) is 10.4. The average molecular weight is 451 g/mol. The van der Waals surface area contributed by atoms with Gasteiger partial charge in [-0.05, 0) is 61.2 Å². The monoisotopic (exact) mass is 450 g/mol. The minimum Gasteiger partial charge on any atom is -0.322 e. The van der Waals surface area contributed by atoms with Gasteiger partial charge in [-0.15, -0.1) is 0 Å². The van der Waals surface area contributed by atoms with Gasteiger partial charge in [0.25, 0.3) is 0 Å². The number of benzene rings is 3. The maximum Gasteiger partial charge on any atom is 0.323 e. The summed E-state index contributed by atoms with van der Waals surface area (Å²) in [5.41, 5.74) is 2.36. The Kier molecular flexibility index (Phi) is 7.37. The summed E-state index contributed by atoms with van der Waals surface area (Å²) in [4.78, 5) is 24.5. The second-order valence-corrected chi connectivity index (χ2v) is 8.51. The van der Waals surface area contributed by atoms with Crippen LogP contribution in [0.1, 0.15) is 5.56 Å². The van der Waals surface area contributed by atoms with Crippen molar-refractivity contribution >= 4 is 45.1 Å². The zero-order valence-corrected chi connectivity index (χ0v) is 18.0. The van der Waals surface area contributed by atoms with E-state index in [1.807, 2.05) is 18.2 Å². The van der Waals surface area contributed by atoms with Gasteiger partial charge in [-0.25, -0.2) is 17.9 Å². The first-order valence-corrected chi connectivity index (χ1v) is 11.1. The van der Waals surface area contributed by atoms with Crippen LogP contribution in [0, 0.1) is 0 Å². The van der Waals surface area contributed by atoms with Crippen LogP contribution < -0.4 is 20.7 Å². The third-order valence-corrected chi connectivity index (χ3v) is 5.74. The third kappa shape index (κ3) is 6.53. The number of sulfonamides is 1. The lowest BCUT2D eigenvalue weighted by Crippen LogP contribution is -2.19. The Morgan fingerprint density at radius 2 is 1.34 bits per heavy atom. The summed E-state index contributed by atoms with van der Waals surface area (Å²) in [5, 5.41) is 8.14. The van der Waals surface area contributed by atoms with E-state index in [1.54, 1.807) is 54.6 Å². The molecule has 0 aliphatic carbocycles. The van der Waals surface area contributed by atoms with Gasteiger partial charge in [-0.3, -0.25) is 4.79 Å². The van der Waals surface area contributed by atoms with Gasteiger partial charge in [0, 0.05) is 23.1 Å². The Hall–Kier alpha value is -3.95. The normalized spacial score (nSPS) is 11.2. The molecule has 0 fully saturated rings. The van der Waals surface area contributed by atoms with Crippen molar-refractivity contribution in [2.24, 2.45) is 0 Å². The molecule has 0 radical (unpaired) electrons. The molecule has 0 aliphatic rings. The lowest BCUT2D eigenvalue weighted by molar-refractivity contribution is -0.111. The van der Waals surface area contributed by atoms with E-state index in [2.05, 4.69) is 20.7 Å². The molecule has 3 rings (SSSR count). The lowest BCUT2D eigenvalue weighted by atomic mass is 10.2. The first kappa shape index (κ1) is 22.7. The zero-order chi connectivity index (χ0) is 23.0. The van der Waals surface area contributed by atoms with Crippen LogP contribution in [0.2, 0.25) is 0 Å². The van der Waals surface area contributed by atoms with Gasteiger partial charge < -0.3 is 16.0 Å². The largest absolute Gasteiger partial charge is 0.323 e. The number of carbonyl (C=O) groups excluding carboxylic acids is 2. The van der Waals surface area contributed by atoms with Gasteiger partial charge >= 0.3 is 6.03 Å². The predicted octanol–water partition coefficient (Wildman–Crippen LogP) is 3.89. The van der Waals surface area contributed by atoms with Crippen LogP contribution >= 0.6 is 0 Å². The Labute approximate surface area is 186 Å². The molecule has 3 aromatic rings. The van der Waals surface area contributed by atoms with Crippen molar-refractivity contribution in [3.8, 4) is 0 Å². The summed E-state index contributed by atoms with van der Waals surface area (Å²) in [5.74, 6) is -0.372. The quantitative estimate of drug-likeness (QED) is 0.409. The topological polar surface area (TPSA) is 116 Å². The van der Waals surface area contributed by atoms with Crippen LogP contribution in [0.5, 0.6) is 0 Å². The van der Waals surface area contributed by atoms with Crippen LogP contribution in [-0.4, -0.2) is 27.4 Å². The highest BCUT2D eigenvalue weighted by atomic mass is 32.2. The van der Waals surface area contributed by atoms with Gasteiger partial charge in [0.15, 0.2) is 0 Å². The Balaban J connectivity index is 1.57. The Morgan fingerprint density at radius 3 is 2.00 bits per heavy atom. The number of hydrogen-bond donors (Lipinski definition) is 4. The molecular weight excluding hydrogens is 428 g/mol. The van der Waals surface area contributed by atoms with Crippen molar-refractivity contribution < 1.29 is 18.0 Å². The number of para-hydroxylation sites is 1. The van der Waals surface area contributed by atoms with Crippen molar-refractivity contribution in [1.29, 1.82) is 0 Å². The highest BCUT2D eigenvalue weighted by molar-refractivity contribution is 7.89. The highest BCUT2D eigenvalue weighted by Gasteiger charge is 2.10. The zero-order valence-electron chi connectivity index (χ0n) is 17.2. The van der Waals surface area contributed by atoms with E-state index in [0.717, 1.165) is 0 Å². The molecule has 0 saturated heterocycles. The van der Waals surface area contributed by atoms with Crippen LogP contribution in [0.25, 0.3) is 6.08 Å². The molecule has 164 valence electrons. The maximum atomic E-state index is 12.2. The van der Waals surface area contributed by atoms with Gasteiger partial charge in [0.1, 0.15) is 0 Å². The standard InChI is InChI=1S/C23H22N4O4S/c1-24-32(30,31)21-13-10-17(11-14-21)12-15-22(28)25-19-8-5-9-20(16-19)27-23(29)26-18-6-3-2-4-7-18/h2-16,24H,1H3,(H,25,28)(H2,26,27,29)/b15-12+. The highest BCUT2D eigenvalue weighted by Crippen LogP contribution is 2.16. The summed E-state index contributed by atoms with van der Waals surface area (Å²) >= 11 is 0. The van der Waals surface area contributed by atoms with Crippen LogP contribution in [0.15, 0.2) is 89.8 Å². The van der Waals surface area contributed by atoms with Crippen molar-refractivity contribution in [3.63, 3.8) is 0 Å². The number of hydrogen-bond acceptors (Lipinski definition) is 4. The van der Waals surface area contributed by atoms with Crippen molar-refractivity contribution in [3.05, 3.63) is 90.5 Å². The minimum absolute atomic E-state index is 0.141. The van der Waals surface area contributed by atoms with Crippen LogP contribution in [0.3, 0.4) is 0 Å². The Bertz CT molecular complexity index is 1220. The van der Waals surface area contributed by atoms with Gasteiger partial charge in [0.2, 0.25) is 15.9 Å². The van der Waals surface area contributed by atoms with E-state index >= 15 is 0 Å². The van der Waals surface area contributed by atoms with E-state index < -0.39 is 16.1 Å². The molecule has 0 spiro atoms. The van der Waals surface area contributed by atoms with Crippen molar-refractivity contribution in [1.82, 2.24) is 4.72 Å². The first-order valence-electron chi connectivity index (χ1n) is 9.61. The molecule has 0 aliphatic heterocycles. The molecule has 4 N–H and O–H groups in total. The summed E-state index contributed by atoms with van der Waals surface area (Å²) in [7, 11) is -2.16. The third-order valence-electron chi connectivity index (χ3n) is 4.31. The second-order valence-electron chi connectivity index (χ2n) is 6.63. The molecule has 0 atom stereocenters. The maximum absolute atomic E-state index is 12.2. The van der Waals surface area contributed by atoms with E-state index in [9.17, 15) is 18.0 Å². The molecule has 0 unspecified atom stereocenters. The summed E-state index contributed by atoms with van der Waals surface area (Å²) in [6, 6.07) is 21.5. The number of carbonyl (C=O) groups is 2. The summed E-state index contributed by atoms with van der Waals surface area (Å²) < 4.78 is 25.7. The first-order chi connectivity index (χ1) is 15.4. The van der Waals surface area contributed by atoms with Gasteiger partial charge in [-0.2, -0.15) is 0 Å². The molecule has 0 heterocycles. The van der Waals surface area contributed by atoms with Crippen LogP contribution in [0.4, 0.5) is 21.9 Å². The van der Waals surface area contributed by atoms with Crippen LogP contribution in [-0.2, 0) is 14.8 Å². The predicted molar refractivity (Wildman–Crippen MR) is 126 cm³/mol. The fourth-order valence-electron chi connectivity index (χ4n) is 2.72. The molecule has 0 aromatic heterocycles. The van der Waals surface area contributed by atoms with E-state index in [4.69, 9.17) is 0 Å². The number of nitrogens with one attached hydrogen (secondary N) is 4. The fourth-order valence-corrected chi connectivity index (χ4v) is 3.45. The van der Waals surface area contributed by atoms with Crippen molar-refractivity contribution in [2.75, 3.05) is 23.0 Å². The van der Waals surface area contributed by atoms with E-state index in [-0.39, 0.29) is 10.8 Å². The molecular formula is C23H22N4O4S. The smallest absolute Gasteiger partial charge is 0.322 e. The summed E-state index contributed by atoms with van der Waals surface area (Å²) in [6.45, 7) is 0. The fraction of sp³-hybridized carbons (Fsp3) is 0.0435. The SMILES string of the molecule is CNS(=O)(=O)c1ccc(/C=C/C(=O)Nc2cccc(NC(=O)Nc3ccccc3)c2)cc1. The minimum atomic E-state index is -3.51. The molecule has 0 saturated carbocycles. The number of rotatable bonds is 7. The van der Waals surface area contributed by atoms with E-state index in [0.29, 0.717) is 22.6 Å².